The highest BCUT2D eigenvalue weighted by Crippen LogP contribution is 2.38. The van der Waals surface area contributed by atoms with E-state index >= 15 is 0 Å². The van der Waals surface area contributed by atoms with Crippen molar-refractivity contribution in [3.63, 3.8) is 0 Å². The molecule has 0 atom stereocenters. The van der Waals surface area contributed by atoms with Crippen LogP contribution in [0.15, 0.2) is 87.5 Å². The number of pyridine rings is 1. The van der Waals surface area contributed by atoms with Crippen LogP contribution in [0.2, 0.25) is 0 Å². The van der Waals surface area contributed by atoms with Crippen LogP contribution in [0, 0.1) is 0 Å². The summed E-state index contributed by atoms with van der Waals surface area (Å²) in [5.74, 6) is -0.00992. The molecule has 0 aliphatic heterocycles. The quantitative estimate of drug-likeness (QED) is 0.267. The van der Waals surface area contributed by atoms with Gasteiger partial charge in [-0.2, -0.15) is 0 Å². The van der Waals surface area contributed by atoms with Gasteiger partial charge in [-0.25, -0.2) is 4.98 Å². The summed E-state index contributed by atoms with van der Waals surface area (Å²) in [4.78, 5) is 18.0. The Hall–Kier alpha value is -4.04. The van der Waals surface area contributed by atoms with Crippen molar-refractivity contribution >= 4 is 49.3 Å². The molecule has 0 aliphatic rings. The minimum Gasteiger partial charge on any atom is -0.497 e. The zero-order chi connectivity index (χ0) is 23.8. The molecule has 0 bridgehead atoms. The van der Waals surface area contributed by atoms with Gasteiger partial charge in [0.25, 0.3) is 5.91 Å². The van der Waals surface area contributed by atoms with E-state index in [4.69, 9.17) is 9.72 Å². The van der Waals surface area contributed by atoms with Crippen LogP contribution in [-0.4, -0.2) is 27.7 Å². The van der Waals surface area contributed by atoms with Gasteiger partial charge >= 0.3 is 0 Å². The lowest BCUT2D eigenvalue weighted by atomic mass is 10.0. The van der Waals surface area contributed by atoms with Crippen molar-refractivity contribution in [1.82, 2.24) is 9.55 Å². The van der Waals surface area contributed by atoms with Gasteiger partial charge in [0, 0.05) is 27.9 Å². The van der Waals surface area contributed by atoms with Gasteiger partial charge in [-0.05, 0) is 42.5 Å². The number of fused-ring (bicyclic) bond motifs is 2. The molecule has 0 fully saturated rings. The molecule has 8 heteroatoms. The first-order chi connectivity index (χ1) is 16.5. The summed E-state index contributed by atoms with van der Waals surface area (Å²) >= 11 is 3.44. The molecule has 3 aromatic carbocycles. The normalized spacial score (nSPS) is 11.5. The summed E-state index contributed by atoms with van der Waals surface area (Å²) in [7, 11) is 3.29. The van der Waals surface area contributed by atoms with Crippen molar-refractivity contribution in [2.24, 2.45) is 17.3 Å². The molecule has 0 saturated carbocycles. The first-order valence-electron chi connectivity index (χ1n) is 10.4. The molecule has 0 aliphatic carbocycles. The standard InChI is InChI=1S/C26H19BrN4O3/c1-31-23-6-4-3-5-18(23)24(26(31)33)29-30-25(32)20-14-22(15-7-9-16(27)10-8-15)28-21-12-11-17(34-2)13-19(20)21/h3-14,33H,1-2H3. The van der Waals surface area contributed by atoms with Gasteiger partial charge in [-0.3, -0.25) is 4.79 Å². The third kappa shape index (κ3) is 3.82. The Bertz CT molecular complexity index is 1590. The van der Waals surface area contributed by atoms with Crippen molar-refractivity contribution in [2.75, 3.05) is 7.11 Å². The fraction of sp³-hybridized carbons (Fsp3) is 0.0769. The number of benzene rings is 3. The molecule has 5 rings (SSSR count). The van der Waals surface area contributed by atoms with Crippen LogP contribution in [0.1, 0.15) is 10.4 Å². The minimum absolute atomic E-state index is 0.0606. The van der Waals surface area contributed by atoms with E-state index in [0.717, 1.165) is 15.6 Å². The predicted molar refractivity (Wildman–Crippen MR) is 135 cm³/mol. The van der Waals surface area contributed by atoms with Gasteiger partial charge in [-0.1, -0.05) is 46.3 Å². The number of rotatable bonds is 4. The Morgan fingerprint density at radius 2 is 1.79 bits per heavy atom. The number of halogens is 1. The molecule has 1 amide bonds. The van der Waals surface area contributed by atoms with Crippen molar-refractivity contribution in [1.29, 1.82) is 0 Å². The van der Waals surface area contributed by atoms with Crippen molar-refractivity contribution in [3.05, 3.63) is 82.8 Å². The van der Waals surface area contributed by atoms with E-state index in [2.05, 4.69) is 26.2 Å². The topological polar surface area (TPSA) is 89.1 Å². The SMILES string of the molecule is COc1ccc2nc(-c3ccc(Br)cc3)cc(C(=O)N=Nc3c(O)n(C)c4ccccc34)c2c1. The number of amides is 1. The first-order valence-corrected chi connectivity index (χ1v) is 11.2. The molecule has 2 heterocycles. The average molecular weight is 515 g/mol. The predicted octanol–water partition coefficient (Wildman–Crippen LogP) is 6.79. The number of hydrogen-bond donors (Lipinski definition) is 1. The van der Waals surface area contributed by atoms with E-state index in [1.54, 1.807) is 43.0 Å². The van der Waals surface area contributed by atoms with Gasteiger partial charge in [-0.15, -0.1) is 10.2 Å². The second kappa shape index (κ2) is 8.72. The Labute approximate surface area is 203 Å². The van der Waals surface area contributed by atoms with E-state index in [9.17, 15) is 9.90 Å². The summed E-state index contributed by atoms with van der Waals surface area (Å²) < 4.78 is 7.90. The highest BCUT2D eigenvalue weighted by Gasteiger charge is 2.17. The van der Waals surface area contributed by atoms with E-state index in [-0.39, 0.29) is 11.6 Å². The summed E-state index contributed by atoms with van der Waals surface area (Å²) in [5, 5.41) is 20.0. The largest absolute Gasteiger partial charge is 0.497 e. The monoisotopic (exact) mass is 514 g/mol. The van der Waals surface area contributed by atoms with Gasteiger partial charge in [0.05, 0.1) is 29.4 Å². The number of methoxy groups -OCH3 is 1. The molecule has 1 N–H and O–H groups in total. The van der Waals surface area contributed by atoms with Crippen molar-refractivity contribution in [3.8, 4) is 22.9 Å². The van der Waals surface area contributed by atoms with Crippen LogP contribution in [0.3, 0.4) is 0 Å². The van der Waals surface area contributed by atoms with E-state index in [1.165, 1.54) is 0 Å². The molecular weight excluding hydrogens is 496 g/mol. The second-order valence-corrected chi connectivity index (χ2v) is 8.61. The number of carbonyl (C=O) groups excluding carboxylic acids is 1. The Morgan fingerprint density at radius 1 is 1.03 bits per heavy atom. The highest BCUT2D eigenvalue weighted by molar-refractivity contribution is 9.10. The molecule has 7 nitrogen and oxygen atoms in total. The lowest BCUT2D eigenvalue weighted by Crippen LogP contribution is -1.99. The molecule has 0 unspecified atom stereocenters. The zero-order valence-electron chi connectivity index (χ0n) is 18.4. The first kappa shape index (κ1) is 21.8. The van der Waals surface area contributed by atoms with Gasteiger partial charge in [0.15, 0.2) is 5.69 Å². The third-order valence-electron chi connectivity index (χ3n) is 5.68. The number of para-hydroxylation sites is 1. The third-order valence-corrected chi connectivity index (χ3v) is 6.21. The van der Waals surface area contributed by atoms with Crippen LogP contribution in [0.5, 0.6) is 11.6 Å². The average Bonchev–Trinajstić information content (AvgIpc) is 3.11. The number of azo groups is 1. The number of aromatic nitrogens is 2. The van der Waals surface area contributed by atoms with Crippen LogP contribution in [0.4, 0.5) is 5.69 Å². The fourth-order valence-corrected chi connectivity index (χ4v) is 4.15. The van der Waals surface area contributed by atoms with Crippen LogP contribution in [0.25, 0.3) is 33.1 Å². The van der Waals surface area contributed by atoms with E-state index in [1.807, 2.05) is 48.5 Å². The zero-order valence-corrected chi connectivity index (χ0v) is 19.9. The maximum Gasteiger partial charge on any atom is 0.296 e. The molecule has 34 heavy (non-hydrogen) atoms. The second-order valence-electron chi connectivity index (χ2n) is 7.70. The molecule has 2 aromatic heterocycles. The maximum absolute atomic E-state index is 13.3. The number of hydrogen-bond acceptors (Lipinski definition) is 5. The lowest BCUT2D eigenvalue weighted by Gasteiger charge is -2.09. The molecule has 0 saturated heterocycles. The highest BCUT2D eigenvalue weighted by atomic mass is 79.9. The van der Waals surface area contributed by atoms with Gasteiger partial charge in [0.1, 0.15) is 5.75 Å². The summed E-state index contributed by atoms with van der Waals surface area (Å²) in [6.07, 6.45) is 0. The maximum atomic E-state index is 13.3. The molecule has 0 spiro atoms. The van der Waals surface area contributed by atoms with Crippen molar-refractivity contribution in [2.45, 2.75) is 0 Å². The molecule has 168 valence electrons. The Kier molecular flexibility index (Phi) is 5.59. The minimum atomic E-state index is -0.550. The van der Waals surface area contributed by atoms with E-state index < -0.39 is 5.91 Å². The van der Waals surface area contributed by atoms with Crippen molar-refractivity contribution < 1.29 is 14.6 Å². The summed E-state index contributed by atoms with van der Waals surface area (Å²) in [5.41, 5.74) is 3.50. The van der Waals surface area contributed by atoms with Gasteiger partial charge in [0.2, 0.25) is 5.88 Å². The number of nitrogens with zero attached hydrogens (tertiary/aromatic N) is 4. The van der Waals surface area contributed by atoms with Crippen LogP contribution < -0.4 is 4.74 Å². The Morgan fingerprint density at radius 3 is 2.56 bits per heavy atom. The number of carbonyl (C=O) groups is 1. The van der Waals surface area contributed by atoms with Crippen LogP contribution >= 0.6 is 15.9 Å². The van der Waals surface area contributed by atoms with Crippen LogP contribution in [-0.2, 0) is 7.05 Å². The van der Waals surface area contributed by atoms with Gasteiger partial charge < -0.3 is 14.4 Å². The van der Waals surface area contributed by atoms with E-state index in [0.29, 0.717) is 33.3 Å². The number of ether oxygens (including phenoxy) is 1. The molecule has 5 aromatic rings. The number of aromatic hydroxyl groups is 1. The smallest absolute Gasteiger partial charge is 0.296 e. The number of aryl methyl sites for hydroxylation is 1. The Balaban J connectivity index is 1.64. The summed E-state index contributed by atoms with van der Waals surface area (Å²) in [6, 6.07) is 22.1. The summed E-state index contributed by atoms with van der Waals surface area (Å²) in [6.45, 7) is 0. The fourth-order valence-electron chi connectivity index (χ4n) is 3.88. The molecule has 0 radical (unpaired) electrons. The lowest BCUT2D eigenvalue weighted by molar-refractivity contribution is 0.0996. The molecular formula is C26H19BrN4O3.